The summed E-state index contributed by atoms with van der Waals surface area (Å²) in [4.78, 5) is 23.1. The second-order valence-corrected chi connectivity index (χ2v) is 8.42. The third-order valence-corrected chi connectivity index (χ3v) is 6.53. The van der Waals surface area contributed by atoms with E-state index in [1.807, 2.05) is 30.3 Å². The van der Waals surface area contributed by atoms with Gasteiger partial charge in [-0.05, 0) is 35.7 Å². The first-order valence-corrected chi connectivity index (χ1v) is 11.2. The van der Waals surface area contributed by atoms with Gasteiger partial charge < -0.3 is 24.1 Å². The first-order valence-electron chi connectivity index (χ1n) is 10.4. The van der Waals surface area contributed by atoms with E-state index in [-0.39, 0.29) is 5.69 Å². The van der Waals surface area contributed by atoms with Crippen LogP contribution in [0.2, 0.25) is 0 Å². The zero-order valence-electron chi connectivity index (χ0n) is 18.8. The molecule has 3 aromatic carbocycles. The van der Waals surface area contributed by atoms with Crippen LogP contribution in [0.5, 0.6) is 11.5 Å². The highest BCUT2D eigenvalue weighted by Crippen LogP contribution is 2.52. The number of methoxy groups -OCH3 is 2. The van der Waals surface area contributed by atoms with E-state index in [1.54, 1.807) is 40.7 Å². The van der Waals surface area contributed by atoms with Gasteiger partial charge in [0.05, 0.1) is 19.1 Å². The van der Waals surface area contributed by atoms with Crippen molar-refractivity contribution < 1.29 is 33.8 Å². The van der Waals surface area contributed by atoms with Gasteiger partial charge in [-0.2, -0.15) is 0 Å². The highest BCUT2D eigenvalue weighted by atomic mass is 32.2. The molecule has 1 N–H and O–H groups in total. The Morgan fingerprint density at radius 3 is 2.43 bits per heavy atom. The fourth-order valence-electron chi connectivity index (χ4n) is 3.81. The maximum atomic E-state index is 11.7. The molecule has 1 aliphatic heterocycles. The average Bonchev–Trinajstić information content (AvgIpc) is 3.20. The Morgan fingerprint density at radius 2 is 1.77 bits per heavy atom. The van der Waals surface area contributed by atoms with E-state index in [1.165, 1.54) is 20.3 Å². The zero-order valence-corrected chi connectivity index (χ0v) is 19.6. The van der Waals surface area contributed by atoms with Crippen LogP contribution in [-0.2, 0) is 9.47 Å². The van der Waals surface area contributed by atoms with Crippen molar-refractivity contribution in [3.8, 4) is 11.5 Å². The number of nitro benzene ring substituents is 1. The maximum Gasteiger partial charge on any atom is 0.508 e. The Bertz CT molecular complexity index is 1210. The molecule has 11 heteroatoms. The molecule has 3 unspecified atom stereocenters. The summed E-state index contributed by atoms with van der Waals surface area (Å²) in [5.74, 6) is 0.991. The molecule has 35 heavy (non-hydrogen) atoms. The van der Waals surface area contributed by atoms with E-state index in [0.717, 1.165) is 11.9 Å². The summed E-state index contributed by atoms with van der Waals surface area (Å²) in [6.45, 7) is 0. The molecule has 0 saturated carbocycles. The highest BCUT2D eigenvalue weighted by molar-refractivity contribution is 7.97. The number of hydrogen-bond acceptors (Lipinski definition) is 9. The zero-order chi connectivity index (χ0) is 24.9. The number of nitrogens with zero attached hydrogens (tertiary/aromatic N) is 2. The second-order valence-electron chi connectivity index (χ2n) is 7.38. The fraction of sp³-hybridized carbons (Fsp3) is 0.208. The molecule has 1 aliphatic rings. The van der Waals surface area contributed by atoms with Crippen LogP contribution in [0.1, 0.15) is 23.4 Å². The SMILES string of the molecule is COc1ccc(C2OC(OC(=O)O)C(c3ccccc3)N2Sc2ccccc2[N+](=O)[O-])c(OC)c1. The quantitative estimate of drug-likeness (QED) is 0.187. The number of ether oxygens (including phenoxy) is 4. The minimum atomic E-state index is -1.51. The van der Waals surface area contributed by atoms with Crippen LogP contribution in [0.15, 0.2) is 77.7 Å². The molecule has 0 bridgehead atoms. The standard InChI is InChI=1S/C24H22N2O8S/c1-31-16-12-13-17(19(14-16)32-2)22-25(35-20-11-7-6-10-18(20)26(29)30)21(15-8-4-3-5-9-15)23(33-22)34-24(27)28/h3-14,21-23H,1-2H3,(H,27,28). The van der Waals surface area contributed by atoms with Crippen molar-refractivity contribution in [2.45, 2.75) is 23.5 Å². The van der Waals surface area contributed by atoms with Crippen LogP contribution in [0.25, 0.3) is 0 Å². The Hall–Kier alpha value is -3.80. The number of benzene rings is 3. The van der Waals surface area contributed by atoms with Gasteiger partial charge in [0.25, 0.3) is 5.69 Å². The summed E-state index contributed by atoms with van der Waals surface area (Å²) in [5, 5.41) is 21.1. The molecular weight excluding hydrogens is 476 g/mol. The third kappa shape index (κ3) is 5.16. The normalized spacial score (nSPS) is 19.8. The summed E-state index contributed by atoms with van der Waals surface area (Å²) >= 11 is 1.08. The number of carbonyl (C=O) groups is 1. The van der Waals surface area contributed by atoms with E-state index < -0.39 is 29.6 Å². The molecule has 1 heterocycles. The molecule has 3 atom stereocenters. The smallest absolute Gasteiger partial charge is 0.497 e. The highest BCUT2D eigenvalue weighted by Gasteiger charge is 2.48. The summed E-state index contributed by atoms with van der Waals surface area (Å²) in [6.07, 6.45) is -3.61. The lowest BCUT2D eigenvalue weighted by Gasteiger charge is -2.28. The fourth-order valence-corrected chi connectivity index (χ4v) is 5.01. The summed E-state index contributed by atoms with van der Waals surface area (Å²) in [5.41, 5.74) is 1.18. The lowest BCUT2D eigenvalue weighted by atomic mass is 10.1. The summed E-state index contributed by atoms with van der Waals surface area (Å²) in [6, 6.07) is 19.8. The van der Waals surface area contributed by atoms with Crippen molar-refractivity contribution in [1.82, 2.24) is 4.31 Å². The van der Waals surface area contributed by atoms with Gasteiger partial charge in [0, 0.05) is 17.7 Å². The number of rotatable bonds is 8. The van der Waals surface area contributed by atoms with Gasteiger partial charge in [-0.15, -0.1) is 0 Å². The van der Waals surface area contributed by atoms with Crippen molar-refractivity contribution in [3.63, 3.8) is 0 Å². The predicted molar refractivity (Wildman–Crippen MR) is 126 cm³/mol. The maximum absolute atomic E-state index is 11.7. The van der Waals surface area contributed by atoms with E-state index in [9.17, 15) is 20.0 Å². The van der Waals surface area contributed by atoms with Gasteiger partial charge in [0.2, 0.25) is 6.29 Å². The van der Waals surface area contributed by atoms with Crippen molar-refractivity contribution in [1.29, 1.82) is 0 Å². The van der Waals surface area contributed by atoms with E-state index >= 15 is 0 Å². The Balaban J connectivity index is 1.85. The van der Waals surface area contributed by atoms with Crippen molar-refractivity contribution in [2.75, 3.05) is 14.2 Å². The largest absolute Gasteiger partial charge is 0.508 e. The van der Waals surface area contributed by atoms with Crippen LogP contribution in [0, 0.1) is 10.1 Å². The molecule has 3 aromatic rings. The number of carboxylic acid groups (broad SMARTS) is 1. The van der Waals surface area contributed by atoms with Gasteiger partial charge in [-0.25, -0.2) is 9.10 Å². The molecule has 10 nitrogen and oxygen atoms in total. The van der Waals surface area contributed by atoms with Crippen LogP contribution in [0.3, 0.4) is 0 Å². The van der Waals surface area contributed by atoms with Crippen molar-refractivity contribution in [2.24, 2.45) is 0 Å². The lowest BCUT2D eigenvalue weighted by Crippen LogP contribution is -2.26. The molecule has 0 amide bonds. The van der Waals surface area contributed by atoms with E-state index in [0.29, 0.717) is 27.5 Å². The third-order valence-electron chi connectivity index (χ3n) is 5.36. The summed E-state index contributed by atoms with van der Waals surface area (Å²) in [7, 11) is 3.02. The van der Waals surface area contributed by atoms with E-state index in [2.05, 4.69) is 0 Å². The van der Waals surface area contributed by atoms with Gasteiger partial charge in [0.1, 0.15) is 22.4 Å². The predicted octanol–water partition coefficient (Wildman–Crippen LogP) is 5.41. The van der Waals surface area contributed by atoms with Crippen LogP contribution in [-0.4, -0.2) is 41.0 Å². The Labute approximate surface area is 205 Å². The van der Waals surface area contributed by atoms with E-state index in [4.69, 9.17) is 18.9 Å². The van der Waals surface area contributed by atoms with Crippen LogP contribution < -0.4 is 9.47 Å². The minimum Gasteiger partial charge on any atom is -0.497 e. The average molecular weight is 499 g/mol. The van der Waals surface area contributed by atoms with Gasteiger partial charge >= 0.3 is 6.16 Å². The molecule has 1 fully saturated rings. The molecule has 182 valence electrons. The molecule has 0 radical (unpaired) electrons. The van der Waals surface area contributed by atoms with Crippen molar-refractivity contribution >= 4 is 23.8 Å². The first kappa shape index (κ1) is 24.3. The molecule has 4 rings (SSSR count). The van der Waals surface area contributed by atoms with Gasteiger partial charge in [0.15, 0.2) is 6.23 Å². The van der Waals surface area contributed by atoms with Gasteiger partial charge in [-0.1, -0.05) is 42.5 Å². The lowest BCUT2D eigenvalue weighted by molar-refractivity contribution is -0.387. The minimum absolute atomic E-state index is 0.0904. The second kappa shape index (κ2) is 10.6. The van der Waals surface area contributed by atoms with Crippen molar-refractivity contribution in [3.05, 3.63) is 94.0 Å². The molecule has 1 saturated heterocycles. The van der Waals surface area contributed by atoms with Crippen LogP contribution in [0.4, 0.5) is 10.5 Å². The summed E-state index contributed by atoms with van der Waals surface area (Å²) < 4.78 is 23.9. The molecule has 0 aliphatic carbocycles. The Morgan fingerprint density at radius 1 is 1.06 bits per heavy atom. The molecule has 0 spiro atoms. The molecule has 0 aromatic heterocycles. The first-order chi connectivity index (χ1) is 16.9. The molecular formula is C24H22N2O8S. The van der Waals surface area contributed by atoms with Gasteiger partial charge in [-0.3, -0.25) is 10.1 Å². The number of nitro groups is 1. The number of hydrogen-bond donors (Lipinski definition) is 1. The number of para-hydroxylation sites is 1. The Kier molecular flexibility index (Phi) is 7.39. The topological polar surface area (TPSA) is 121 Å². The monoisotopic (exact) mass is 498 g/mol. The van der Waals surface area contributed by atoms with Crippen LogP contribution >= 0.6 is 11.9 Å².